The molecular formula is C27H22Cl2N2O5S. The van der Waals surface area contributed by atoms with Crippen molar-refractivity contribution in [1.29, 1.82) is 5.26 Å². The Labute approximate surface area is 225 Å². The first kappa shape index (κ1) is 27.8. The summed E-state index contributed by atoms with van der Waals surface area (Å²) in [5.41, 5.74) is 1.15. The Hall–Kier alpha value is -3.77. The van der Waals surface area contributed by atoms with E-state index in [-0.39, 0.29) is 35.0 Å². The van der Waals surface area contributed by atoms with E-state index in [1.165, 1.54) is 36.4 Å². The Bertz CT molecular complexity index is 1480. The van der Waals surface area contributed by atoms with Crippen molar-refractivity contribution in [3.8, 4) is 17.6 Å². The SMILES string of the molecule is C=CCc1cc(/C=C(\C#N)C(=O)Nc2ccc(Cl)cc2)cc(OCC)c1OS(=O)(=O)c1ccc(Cl)cc1. The van der Waals surface area contributed by atoms with E-state index >= 15 is 0 Å². The number of benzene rings is 3. The summed E-state index contributed by atoms with van der Waals surface area (Å²) in [5.74, 6) is -0.516. The van der Waals surface area contributed by atoms with Gasteiger partial charge in [0.15, 0.2) is 11.5 Å². The van der Waals surface area contributed by atoms with Gasteiger partial charge in [0, 0.05) is 21.3 Å². The van der Waals surface area contributed by atoms with E-state index in [1.807, 2.05) is 6.07 Å². The number of carbonyl (C=O) groups excluding carboxylic acids is 1. The monoisotopic (exact) mass is 556 g/mol. The predicted octanol–water partition coefficient (Wildman–Crippen LogP) is 6.43. The normalized spacial score (nSPS) is 11.4. The van der Waals surface area contributed by atoms with E-state index in [9.17, 15) is 18.5 Å². The molecule has 0 aliphatic carbocycles. The lowest BCUT2D eigenvalue weighted by molar-refractivity contribution is -0.112. The zero-order valence-corrected chi connectivity index (χ0v) is 22.0. The molecule has 0 atom stereocenters. The minimum absolute atomic E-state index is 0.0158. The van der Waals surface area contributed by atoms with Crippen LogP contribution in [0.3, 0.4) is 0 Å². The van der Waals surface area contributed by atoms with Crippen LogP contribution in [-0.2, 0) is 21.3 Å². The molecule has 1 N–H and O–H groups in total. The molecule has 3 aromatic carbocycles. The van der Waals surface area contributed by atoms with Gasteiger partial charge in [0.1, 0.15) is 16.5 Å². The molecule has 0 aliphatic rings. The molecular weight excluding hydrogens is 535 g/mol. The van der Waals surface area contributed by atoms with E-state index < -0.39 is 16.0 Å². The molecule has 10 heteroatoms. The topological polar surface area (TPSA) is 105 Å². The molecule has 3 aromatic rings. The van der Waals surface area contributed by atoms with E-state index in [4.69, 9.17) is 32.1 Å². The van der Waals surface area contributed by atoms with Gasteiger partial charge in [0.2, 0.25) is 0 Å². The van der Waals surface area contributed by atoms with E-state index in [0.29, 0.717) is 26.9 Å². The zero-order chi connectivity index (χ0) is 27.0. The van der Waals surface area contributed by atoms with Crippen LogP contribution in [0.1, 0.15) is 18.1 Å². The number of nitrogens with one attached hydrogen (secondary N) is 1. The second-order valence-corrected chi connectivity index (χ2v) is 9.97. The zero-order valence-electron chi connectivity index (χ0n) is 19.7. The molecule has 37 heavy (non-hydrogen) atoms. The minimum atomic E-state index is -4.22. The molecule has 0 fully saturated rings. The number of carbonyl (C=O) groups is 1. The Kier molecular flexibility index (Phi) is 9.36. The number of anilines is 1. The molecule has 0 aliphatic heterocycles. The van der Waals surface area contributed by atoms with Gasteiger partial charge in [0.25, 0.3) is 5.91 Å². The summed E-state index contributed by atoms with van der Waals surface area (Å²) >= 11 is 11.7. The van der Waals surface area contributed by atoms with Crippen molar-refractivity contribution in [2.45, 2.75) is 18.2 Å². The Morgan fingerprint density at radius 2 is 1.70 bits per heavy atom. The predicted molar refractivity (Wildman–Crippen MR) is 144 cm³/mol. The number of allylic oxidation sites excluding steroid dienone is 1. The highest BCUT2D eigenvalue weighted by Crippen LogP contribution is 2.37. The van der Waals surface area contributed by atoms with Gasteiger partial charge in [-0.2, -0.15) is 13.7 Å². The summed E-state index contributed by atoms with van der Waals surface area (Å²) < 4.78 is 37.1. The summed E-state index contributed by atoms with van der Waals surface area (Å²) in [6, 6.07) is 17.0. The van der Waals surface area contributed by atoms with Gasteiger partial charge in [0.05, 0.1) is 6.61 Å². The first-order valence-electron chi connectivity index (χ1n) is 11.0. The van der Waals surface area contributed by atoms with Crippen molar-refractivity contribution < 1.29 is 22.1 Å². The summed E-state index contributed by atoms with van der Waals surface area (Å²) in [6.07, 6.45) is 3.17. The summed E-state index contributed by atoms with van der Waals surface area (Å²) in [6.45, 7) is 5.66. The second kappa shape index (κ2) is 12.5. The third kappa shape index (κ3) is 7.37. The molecule has 0 bridgehead atoms. The van der Waals surface area contributed by atoms with Gasteiger partial charge >= 0.3 is 10.1 Å². The van der Waals surface area contributed by atoms with Gasteiger partial charge in [-0.1, -0.05) is 29.3 Å². The molecule has 3 rings (SSSR count). The number of ether oxygens (including phenoxy) is 1. The molecule has 1 amide bonds. The fourth-order valence-electron chi connectivity index (χ4n) is 3.24. The van der Waals surface area contributed by atoms with Crippen molar-refractivity contribution >= 4 is 51.0 Å². The molecule has 0 saturated heterocycles. The van der Waals surface area contributed by atoms with Crippen LogP contribution in [0.2, 0.25) is 10.0 Å². The van der Waals surface area contributed by atoms with Crippen molar-refractivity contribution in [2.24, 2.45) is 0 Å². The number of nitriles is 1. The lowest BCUT2D eigenvalue weighted by Gasteiger charge is -2.16. The number of amides is 1. The van der Waals surface area contributed by atoms with Gasteiger partial charge in [-0.05, 0) is 85.6 Å². The molecule has 0 heterocycles. The molecule has 0 radical (unpaired) electrons. The van der Waals surface area contributed by atoms with Gasteiger partial charge in [-0.3, -0.25) is 4.79 Å². The maximum Gasteiger partial charge on any atom is 0.339 e. The summed E-state index contributed by atoms with van der Waals surface area (Å²) in [5, 5.41) is 13.1. The van der Waals surface area contributed by atoms with E-state index in [2.05, 4.69) is 11.9 Å². The quantitative estimate of drug-likeness (QED) is 0.133. The molecule has 190 valence electrons. The molecule has 0 saturated carbocycles. The minimum Gasteiger partial charge on any atom is -0.490 e. The fourth-order valence-corrected chi connectivity index (χ4v) is 4.46. The first-order valence-corrected chi connectivity index (χ1v) is 13.1. The van der Waals surface area contributed by atoms with Crippen LogP contribution < -0.4 is 14.2 Å². The van der Waals surface area contributed by atoms with Crippen LogP contribution in [0.15, 0.2) is 83.8 Å². The number of hydrogen-bond donors (Lipinski definition) is 1. The Morgan fingerprint density at radius 3 is 2.27 bits per heavy atom. The molecule has 0 aromatic heterocycles. The Morgan fingerprint density at radius 1 is 1.08 bits per heavy atom. The van der Waals surface area contributed by atoms with Crippen molar-refractivity contribution in [3.05, 3.63) is 100 Å². The van der Waals surface area contributed by atoms with Crippen LogP contribution >= 0.6 is 23.2 Å². The standard InChI is InChI=1S/C27H22Cl2N2O5S/c1-3-5-19-14-18(15-20(17-30)27(32)31-23-10-6-21(28)7-11-23)16-25(35-4-2)26(19)36-37(33,34)24-12-8-22(29)9-13-24/h3,6-16H,1,4-5H2,2H3,(H,31,32)/b20-15+. The highest BCUT2D eigenvalue weighted by Gasteiger charge is 2.23. The third-order valence-electron chi connectivity index (χ3n) is 4.89. The lowest BCUT2D eigenvalue weighted by atomic mass is 10.0. The third-order valence-corrected chi connectivity index (χ3v) is 6.63. The van der Waals surface area contributed by atoms with Crippen LogP contribution in [-0.4, -0.2) is 20.9 Å². The average Bonchev–Trinajstić information content (AvgIpc) is 2.86. The number of nitrogens with zero attached hydrogens (tertiary/aromatic N) is 1. The maximum atomic E-state index is 13.0. The molecule has 0 spiro atoms. The smallest absolute Gasteiger partial charge is 0.339 e. The van der Waals surface area contributed by atoms with Gasteiger partial charge < -0.3 is 14.2 Å². The average molecular weight is 557 g/mol. The van der Waals surface area contributed by atoms with Crippen molar-refractivity contribution in [1.82, 2.24) is 0 Å². The molecule has 0 unspecified atom stereocenters. The lowest BCUT2D eigenvalue weighted by Crippen LogP contribution is -2.14. The second-order valence-electron chi connectivity index (χ2n) is 7.56. The van der Waals surface area contributed by atoms with Crippen LogP contribution in [0.5, 0.6) is 11.5 Å². The number of hydrogen-bond acceptors (Lipinski definition) is 6. The summed E-state index contributed by atoms with van der Waals surface area (Å²) in [4.78, 5) is 12.6. The van der Waals surface area contributed by atoms with Crippen LogP contribution in [0, 0.1) is 11.3 Å². The van der Waals surface area contributed by atoms with Gasteiger partial charge in [-0.25, -0.2) is 0 Å². The number of halogens is 2. The van der Waals surface area contributed by atoms with Crippen LogP contribution in [0.4, 0.5) is 5.69 Å². The van der Waals surface area contributed by atoms with Gasteiger partial charge in [-0.15, -0.1) is 6.58 Å². The van der Waals surface area contributed by atoms with E-state index in [0.717, 1.165) is 0 Å². The van der Waals surface area contributed by atoms with Crippen LogP contribution in [0.25, 0.3) is 6.08 Å². The summed E-state index contributed by atoms with van der Waals surface area (Å²) in [7, 11) is -4.22. The Balaban J connectivity index is 2.01. The highest BCUT2D eigenvalue weighted by molar-refractivity contribution is 7.87. The maximum absolute atomic E-state index is 13.0. The van der Waals surface area contributed by atoms with E-state index in [1.54, 1.807) is 43.3 Å². The fraction of sp³-hybridized carbons (Fsp3) is 0.111. The first-order chi connectivity index (χ1) is 17.7. The largest absolute Gasteiger partial charge is 0.490 e. The molecule has 7 nitrogen and oxygen atoms in total. The highest BCUT2D eigenvalue weighted by atomic mass is 35.5. The van der Waals surface area contributed by atoms with Crippen molar-refractivity contribution in [3.63, 3.8) is 0 Å². The van der Waals surface area contributed by atoms with Crippen molar-refractivity contribution in [2.75, 3.05) is 11.9 Å². The number of rotatable bonds is 10.